The SMILES string of the molecule is COC(=O)N[C@@H](C(=O)N1[C@@H]2CC2C[C@H]1c1ncc(-c2ccc(-c3ccc(-c4cnc([C@@H]5CC6C[C@H]6N5C(=O)[C@H](NC(=O)OC)c5ccccc5)[nH]4)cc3)cc2)[nH]1)c1ccccc1. The third-order valence-electron chi connectivity index (χ3n) is 12.9. The van der Waals surface area contributed by atoms with Gasteiger partial charge in [0, 0.05) is 12.1 Å². The van der Waals surface area contributed by atoms with Crippen molar-refractivity contribution >= 4 is 24.0 Å². The number of ether oxygens (including phenoxy) is 2. The van der Waals surface area contributed by atoms with Gasteiger partial charge >= 0.3 is 12.2 Å². The van der Waals surface area contributed by atoms with E-state index in [4.69, 9.17) is 19.4 Å². The van der Waals surface area contributed by atoms with Crippen molar-refractivity contribution in [1.29, 1.82) is 0 Å². The molecule has 2 saturated heterocycles. The maximum absolute atomic E-state index is 14.1. The molecule has 8 atom stereocenters. The van der Waals surface area contributed by atoms with Gasteiger partial charge in [-0.15, -0.1) is 0 Å². The molecule has 0 radical (unpaired) electrons. The van der Waals surface area contributed by atoms with E-state index < -0.39 is 24.3 Å². The van der Waals surface area contributed by atoms with Gasteiger partial charge in [-0.05, 0) is 70.9 Å². The summed E-state index contributed by atoms with van der Waals surface area (Å²) in [6.45, 7) is 0. The fourth-order valence-electron chi connectivity index (χ4n) is 9.54. The van der Waals surface area contributed by atoms with Gasteiger partial charge in [-0.3, -0.25) is 9.59 Å². The number of H-pyrrole nitrogens is 2. The standard InChI is InChI=1S/C48H46N8O6/c1-61-47(59)53-41(31-9-5-3-6-10-31)45(57)55-37-21-33(37)23-39(55)43-49-25-35(51-43)29-17-13-27(14-18-29)28-15-19-30(20-16-28)36-26-50-44(52-36)40-24-34-22-38(34)56(40)46(58)42(54-48(60)62-2)32-11-7-4-8-12-32/h3-20,25-26,33-34,37-42H,21-24H2,1-2H3,(H,49,51)(H,50,52)(H,53,59)(H,54,60)/t33?,34?,37-,38-,39+,40+,41-,42-/m1/s1. The molecule has 4 aliphatic rings. The predicted octanol–water partition coefficient (Wildman–Crippen LogP) is 7.65. The van der Waals surface area contributed by atoms with Gasteiger partial charge in [0.1, 0.15) is 23.7 Å². The number of benzene rings is 4. The van der Waals surface area contributed by atoms with Crippen molar-refractivity contribution < 1.29 is 28.7 Å². The van der Waals surface area contributed by atoms with E-state index in [2.05, 4.69) is 69.1 Å². The number of hydrogen-bond donors (Lipinski definition) is 4. The largest absolute Gasteiger partial charge is 0.453 e. The van der Waals surface area contributed by atoms with E-state index in [-0.39, 0.29) is 36.0 Å². The quantitative estimate of drug-likeness (QED) is 0.103. The maximum atomic E-state index is 14.1. The zero-order chi connectivity index (χ0) is 42.5. The van der Waals surface area contributed by atoms with Crippen molar-refractivity contribution in [2.45, 2.75) is 61.9 Å². The molecule has 2 unspecified atom stereocenters. The number of aromatic amines is 2. The van der Waals surface area contributed by atoms with E-state index in [0.717, 1.165) is 71.0 Å². The number of likely N-dealkylation sites (tertiary alicyclic amines) is 2. The highest BCUT2D eigenvalue weighted by atomic mass is 16.5. The van der Waals surface area contributed by atoms with Crippen LogP contribution in [0.2, 0.25) is 0 Å². The Morgan fingerprint density at radius 3 is 1.29 bits per heavy atom. The second-order valence-electron chi connectivity index (χ2n) is 16.6. The topological polar surface area (TPSA) is 175 Å². The van der Waals surface area contributed by atoms with Gasteiger partial charge in [0.15, 0.2) is 0 Å². The highest BCUT2D eigenvalue weighted by Crippen LogP contribution is 2.55. The van der Waals surface area contributed by atoms with E-state index in [1.165, 1.54) is 14.2 Å². The average molecular weight is 831 g/mol. The first kappa shape index (κ1) is 38.9. The van der Waals surface area contributed by atoms with Crippen LogP contribution in [0.15, 0.2) is 122 Å². The summed E-state index contributed by atoms with van der Waals surface area (Å²) < 4.78 is 9.74. The fraction of sp³-hybridized carbons (Fsp3) is 0.292. The summed E-state index contributed by atoms with van der Waals surface area (Å²) in [6.07, 6.45) is 5.81. The number of carbonyl (C=O) groups is 4. The van der Waals surface area contributed by atoms with Crippen LogP contribution in [0.25, 0.3) is 33.6 Å². The summed E-state index contributed by atoms with van der Waals surface area (Å²) in [5.41, 5.74) is 7.14. The van der Waals surface area contributed by atoms with E-state index in [1.807, 2.05) is 82.9 Å². The number of carbonyl (C=O) groups excluding carboxylic acids is 4. The summed E-state index contributed by atoms with van der Waals surface area (Å²) in [6, 6.07) is 33.1. The molecule has 4 amide bonds. The minimum Gasteiger partial charge on any atom is -0.453 e. The van der Waals surface area contributed by atoms with Crippen LogP contribution in [0.3, 0.4) is 0 Å². The molecule has 2 aromatic heterocycles. The van der Waals surface area contributed by atoms with Crippen LogP contribution in [-0.2, 0) is 19.1 Å². The third kappa shape index (κ3) is 7.35. The lowest BCUT2D eigenvalue weighted by Crippen LogP contribution is -2.44. The summed E-state index contributed by atoms with van der Waals surface area (Å²) in [5.74, 6) is 1.91. The molecule has 4 aromatic carbocycles. The number of nitrogens with zero attached hydrogens (tertiary/aromatic N) is 4. The second-order valence-corrected chi connectivity index (χ2v) is 16.6. The minimum absolute atomic E-state index is 0.114. The molecule has 62 heavy (non-hydrogen) atoms. The van der Waals surface area contributed by atoms with Gasteiger partial charge in [0.25, 0.3) is 11.8 Å². The summed E-state index contributed by atoms with van der Waals surface area (Å²) >= 11 is 0. The Bertz CT molecular complexity index is 2430. The molecule has 4 N–H and O–H groups in total. The first-order chi connectivity index (χ1) is 30.3. The Hall–Kier alpha value is -7.22. The van der Waals surface area contributed by atoms with Gasteiger partial charge in [-0.1, -0.05) is 109 Å². The molecule has 0 bridgehead atoms. The smallest absolute Gasteiger partial charge is 0.407 e. The first-order valence-corrected chi connectivity index (χ1v) is 21.0. The molecular formula is C48H46N8O6. The summed E-state index contributed by atoms with van der Waals surface area (Å²) in [5, 5.41) is 5.50. The third-order valence-corrected chi connectivity index (χ3v) is 12.9. The fourth-order valence-corrected chi connectivity index (χ4v) is 9.54. The van der Waals surface area contributed by atoms with Crippen molar-refractivity contribution in [3.05, 3.63) is 144 Å². The number of piperidine rings is 2. The van der Waals surface area contributed by atoms with Crippen LogP contribution in [0.1, 0.15) is 72.6 Å². The number of methoxy groups -OCH3 is 2. The molecule has 0 spiro atoms. The highest BCUT2D eigenvalue weighted by Gasteiger charge is 2.57. The molecule has 14 nitrogen and oxygen atoms in total. The number of amides is 4. The zero-order valence-electron chi connectivity index (χ0n) is 34.2. The van der Waals surface area contributed by atoms with E-state index >= 15 is 0 Å². The molecule has 4 heterocycles. The summed E-state index contributed by atoms with van der Waals surface area (Å²) in [7, 11) is 2.58. The zero-order valence-corrected chi connectivity index (χ0v) is 34.2. The number of imidazole rings is 2. The van der Waals surface area contributed by atoms with Crippen LogP contribution in [-0.4, -0.2) is 80.0 Å². The lowest BCUT2D eigenvalue weighted by atomic mass is 10.0. The van der Waals surface area contributed by atoms with Crippen molar-refractivity contribution in [3.8, 4) is 33.6 Å². The first-order valence-electron chi connectivity index (χ1n) is 21.0. The number of alkyl carbamates (subject to hydrolysis) is 2. The van der Waals surface area contributed by atoms with Crippen molar-refractivity contribution in [2.75, 3.05) is 14.2 Å². The minimum atomic E-state index is -0.873. The van der Waals surface area contributed by atoms with Gasteiger partial charge < -0.3 is 39.9 Å². The van der Waals surface area contributed by atoms with Crippen LogP contribution >= 0.6 is 0 Å². The lowest BCUT2D eigenvalue weighted by molar-refractivity contribution is -0.136. The number of rotatable bonds is 11. The molecule has 314 valence electrons. The van der Waals surface area contributed by atoms with Gasteiger partial charge in [-0.2, -0.15) is 0 Å². The van der Waals surface area contributed by atoms with Crippen molar-refractivity contribution in [2.24, 2.45) is 11.8 Å². The van der Waals surface area contributed by atoms with Crippen LogP contribution in [0.5, 0.6) is 0 Å². The molecule has 14 heteroatoms. The monoisotopic (exact) mass is 830 g/mol. The van der Waals surface area contributed by atoms with Crippen LogP contribution in [0, 0.1) is 11.8 Å². The Balaban J connectivity index is 0.817. The van der Waals surface area contributed by atoms with E-state index in [0.29, 0.717) is 23.0 Å². The highest BCUT2D eigenvalue weighted by molar-refractivity contribution is 5.89. The van der Waals surface area contributed by atoms with E-state index in [9.17, 15) is 19.2 Å². The van der Waals surface area contributed by atoms with Crippen molar-refractivity contribution in [1.82, 2.24) is 40.4 Å². The average Bonchev–Trinajstić information content (AvgIpc) is 3.90. The number of aromatic nitrogens is 4. The Morgan fingerprint density at radius 1 is 0.548 bits per heavy atom. The molecule has 2 aliphatic carbocycles. The molecular weight excluding hydrogens is 785 g/mol. The second kappa shape index (κ2) is 16.0. The Kier molecular flexibility index (Phi) is 10.0. The predicted molar refractivity (Wildman–Crippen MR) is 229 cm³/mol. The van der Waals surface area contributed by atoms with Gasteiger partial charge in [-0.25, -0.2) is 19.6 Å². The van der Waals surface area contributed by atoms with Crippen LogP contribution < -0.4 is 10.6 Å². The van der Waals surface area contributed by atoms with Gasteiger partial charge in [0.05, 0.1) is 50.1 Å². The van der Waals surface area contributed by atoms with Crippen molar-refractivity contribution in [3.63, 3.8) is 0 Å². The van der Waals surface area contributed by atoms with E-state index in [1.54, 1.807) is 0 Å². The van der Waals surface area contributed by atoms with Crippen LogP contribution in [0.4, 0.5) is 9.59 Å². The molecule has 2 aliphatic heterocycles. The Labute approximate surface area is 358 Å². The molecule has 10 rings (SSSR count). The molecule has 2 saturated carbocycles. The normalized spacial score (nSPS) is 22.8. The number of nitrogens with one attached hydrogen (secondary N) is 4. The maximum Gasteiger partial charge on any atom is 0.407 e. The number of hydrogen-bond acceptors (Lipinski definition) is 8. The Morgan fingerprint density at radius 2 is 0.919 bits per heavy atom. The number of fused-ring (bicyclic) bond motifs is 2. The van der Waals surface area contributed by atoms with Gasteiger partial charge in [0.2, 0.25) is 0 Å². The lowest BCUT2D eigenvalue weighted by Gasteiger charge is -2.30. The molecule has 6 aromatic rings. The summed E-state index contributed by atoms with van der Waals surface area (Å²) in [4.78, 5) is 73.3. The molecule has 4 fully saturated rings.